The van der Waals surface area contributed by atoms with E-state index in [4.69, 9.17) is 16.4 Å². The van der Waals surface area contributed by atoms with E-state index in [1.165, 1.54) is 4.90 Å². The first-order chi connectivity index (χ1) is 21.5. The maximum Gasteiger partial charge on any atom is 0.271 e. The number of benzene rings is 5. The summed E-state index contributed by atoms with van der Waals surface area (Å²) in [6.45, 7) is 0. The lowest BCUT2D eigenvalue weighted by Gasteiger charge is -2.55. The van der Waals surface area contributed by atoms with Crippen LogP contribution in [0.4, 0.5) is 11.4 Å². The smallest absolute Gasteiger partial charge is 0.271 e. The molecule has 2 fully saturated rings. The predicted octanol–water partition coefficient (Wildman–Crippen LogP) is 8.19. The lowest BCUT2D eigenvalue weighted by molar-refractivity contribution is -0.153. The van der Waals surface area contributed by atoms with Crippen molar-refractivity contribution < 1.29 is 14.4 Å². The molecule has 0 spiro atoms. The van der Waals surface area contributed by atoms with Gasteiger partial charge in [0, 0.05) is 15.4 Å². The zero-order chi connectivity index (χ0) is 29.8. The molecule has 0 aromatic heterocycles. The van der Waals surface area contributed by atoms with Gasteiger partial charge in [0.1, 0.15) is 11.5 Å². The third-order valence-electron chi connectivity index (χ3n) is 9.96. The molecule has 7 heteroatoms. The van der Waals surface area contributed by atoms with E-state index in [9.17, 15) is 0 Å². The van der Waals surface area contributed by atoms with E-state index < -0.39 is 28.9 Å². The van der Waals surface area contributed by atoms with Gasteiger partial charge in [-0.2, -0.15) is 0 Å². The largest absolute Gasteiger partial charge is 0.273 e. The number of carbonyl (C=O) groups excluding carboxylic acids is 2. The fourth-order valence-electron chi connectivity index (χ4n) is 8.52. The van der Waals surface area contributed by atoms with Gasteiger partial charge in [0.15, 0.2) is 0 Å². The Morgan fingerprint density at radius 2 is 1.20 bits per heavy atom. The number of anilines is 2. The minimum Gasteiger partial charge on any atom is -0.273 e. The number of halogens is 2. The fourth-order valence-corrected chi connectivity index (χ4v) is 9.04. The lowest BCUT2D eigenvalue weighted by Crippen LogP contribution is -2.63. The molecule has 5 aliphatic rings. The van der Waals surface area contributed by atoms with Crippen molar-refractivity contribution in [1.82, 2.24) is 0 Å². The number of rotatable bonds is 3. The summed E-state index contributed by atoms with van der Waals surface area (Å²) in [7, 11) is 0. The number of para-hydroxylation sites is 1. The summed E-state index contributed by atoms with van der Waals surface area (Å²) >= 11 is 9.97. The topological polar surface area (TPSA) is 49.9 Å². The van der Waals surface area contributed by atoms with Gasteiger partial charge in [0.25, 0.3) is 5.91 Å². The summed E-state index contributed by atoms with van der Waals surface area (Å²) in [5.41, 5.74) is 3.39. The second-order valence-electron chi connectivity index (χ2n) is 11.9. The molecule has 0 saturated carbocycles. The van der Waals surface area contributed by atoms with E-state index in [0.29, 0.717) is 10.7 Å². The van der Waals surface area contributed by atoms with E-state index in [1.807, 2.05) is 108 Å². The monoisotopic (exact) mass is 658 g/mol. The van der Waals surface area contributed by atoms with Crippen molar-refractivity contribution in [2.75, 3.05) is 9.96 Å². The normalized spacial score (nSPS) is 27.6. The number of hydrogen-bond donors (Lipinski definition) is 0. The van der Waals surface area contributed by atoms with Crippen LogP contribution in [-0.4, -0.2) is 17.4 Å². The van der Waals surface area contributed by atoms with Gasteiger partial charge in [-0.3, -0.25) is 14.4 Å². The van der Waals surface area contributed by atoms with Gasteiger partial charge >= 0.3 is 0 Å². The molecule has 5 nitrogen and oxygen atoms in total. The first-order valence-corrected chi connectivity index (χ1v) is 15.8. The molecule has 10 rings (SSSR count). The number of amides is 2. The van der Waals surface area contributed by atoms with Crippen molar-refractivity contribution in [1.29, 1.82) is 0 Å². The maximum atomic E-state index is 15.7. The summed E-state index contributed by atoms with van der Waals surface area (Å²) in [5.74, 6) is -1.59. The standard InChI is InChI=1S/C37H24BrClN2O3/c38-23-9-8-12-26(21-23)40-34(42)36-31-27-13-4-6-15-29(27)32(30-16-7-5-14-28(30)31)37(36,35(40)43)44-41(25-10-2-1-3-11-25)33(36)22-17-19-24(39)20-18-22/h1-21,31-33H. The number of hydrogen-bond acceptors (Lipinski definition) is 4. The lowest BCUT2D eigenvalue weighted by atomic mass is 9.43. The Labute approximate surface area is 267 Å². The van der Waals surface area contributed by atoms with Crippen molar-refractivity contribution >= 4 is 50.7 Å². The average Bonchev–Trinajstić information content (AvgIpc) is 3.49. The summed E-state index contributed by atoms with van der Waals surface area (Å²) in [6, 6.07) is 40.6. The van der Waals surface area contributed by atoms with E-state index in [-0.39, 0.29) is 11.8 Å². The Morgan fingerprint density at radius 3 is 1.82 bits per heavy atom. The predicted molar refractivity (Wildman–Crippen MR) is 173 cm³/mol. The first kappa shape index (κ1) is 26.2. The van der Waals surface area contributed by atoms with E-state index in [0.717, 1.165) is 38.0 Å². The minimum absolute atomic E-state index is 0.266. The summed E-state index contributed by atoms with van der Waals surface area (Å²) < 4.78 is 0.779. The van der Waals surface area contributed by atoms with Gasteiger partial charge in [0.05, 0.1) is 17.3 Å². The molecule has 0 radical (unpaired) electrons. The molecule has 44 heavy (non-hydrogen) atoms. The highest BCUT2D eigenvalue weighted by Gasteiger charge is 2.87. The molecule has 2 heterocycles. The van der Waals surface area contributed by atoms with Crippen LogP contribution >= 0.6 is 27.5 Å². The second-order valence-corrected chi connectivity index (χ2v) is 13.2. The van der Waals surface area contributed by atoms with Crippen molar-refractivity contribution in [3.63, 3.8) is 0 Å². The van der Waals surface area contributed by atoms with Crippen LogP contribution in [0.3, 0.4) is 0 Å². The maximum absolute atomic E-state index is 15.7. The molecule has 2 bridgehead atoms. The molecule has 2 amide bonds. The number of hydroxylamine groups is 1. The Bertz CT molecular complexity index is 1970. The Hall–Kier alpha value is -4.23. The van der Waals surface area contributed by atoms with Gasteiger partial charge in [-0.25, -0.2) is 9.96 Å². The third-order valence-corrected chi connectivity index (χ3v) is 10.7. The van der Waals surface area contributed by atoms with Crippen LogP contribution in [-0.2, 0) is 14.4 Å². The fraction of sp³-hybridized carbons (Fsp3) is 0.135. The summed E-state index contributed by atoms with van der Waals surface area (Å²) in [5, 5.41) is 2.42. The van der Waals surface area contributed by atoms with Gasteiger partial charge in [-0.15, -0.1) is 0 Å². The second kappa shape index (κ2) is 9.14. The van der Waals surface area contributed by atoms with Crippen LogP contribution in [0.5, 0.6) is 0 Å². The molecule has 0 N–H and O–H groups in total. The Kier molecular flexibility index (Phi) is 5.44. The van der Waals surface area contributed by atoms with Crippen molar-refractivity contribution in [2.45, 2.75) is 23.5 Å². The van der Waals surface area contributed by atoms with Crippen LogP contribution in [0.2, 0.25) is 5.02 Å². The molecule has 214 valence electrons. The quantitative estimate of drug-likeness (QED) is 0.183. The van der Waals surface area contributed by atoms with Gasteiger partial charge < -0.3 is 0 Å². The number of carbonyl (C=O) groups is 2. The van der Waals surface area contributed by atoms with Gasteiger partial charge in [0.2, 0.25) is 11.5 Å². The SMILES string of the molecule is O=C1N(c2cccc(Br)c2)C(=O)C23C4c5ccccc5C(c5ccccc54)C12ON(c1ccccc1)C3c1ccc(Cl)cc1. The molecular formula is C37H24BrClN2O3. The van der Waals surface area contributed by atoms with Crippen LogP contribution in [0.25, 0.3) is 0 Å². The number of nitrogens with zero attached hydrogens (tertiary/aromatic N) is 2. The average molecular weight is 660 g/mol. The highest BCUT2D eigenvalue weighted by molar-refractivity contribution is 9.10. The number of imide groups is 1. The highest BCUT2D eigenvalue weighted by atomic mass is 79.9. The van der Waals surface area contributed by atoms with E-state index in [1.54, 1.807) is 0 Å². The molecule has 2 aliphatic heterocycles. The molecule has 3 aliphatic carbocycles. The Balaban J connectivity index is 1.43. The van der Waals surface area contributed by atoms with Crippen molar-refractivity contribution in [3.8, 4) is 0 Å². The van der Waals surface area contributed by atoms with Gasteiger partial charge in [-0.05, 0) is 70.3 Å². The molecule has 3 unspecified atom stereocenters. The van der Waals surface area contributed by atoms with Crippen LogP contribution in [0.1, 0.15) is 45.7 Å². The molecule has 3 atom stereocenters. The summed E-state index contributed by atoms with van der Waals surface area (Å²) in [6.07, 6.45) is 0. The minimum atomic E-state index is -1.56. The zero-order valence-electron chi connectivity index (χ0n) is 23.2. The van der Waals surface area contributed by atoms with E-state index >= 15 is 9.59 Å². The molecular weight excluding hydrogens is 636 g/mol. The first-order valence-electron chi connectivity index (χ1n) is 14.6. The highest BCUT2D eigenvalue weighted by Crippen LogP contribution is 2.77. The van der Waals surface area contributed by atoms with Crippen LogP contribution < -0.4 is 9.96 Å². The van der Waals surface area contributed by atoms with E-state index in [2.05, 4.69) is 40.2 Å². The van der Waals surface area contributed by atoms with Crippen LogP contribution in [0.15, 0.2) is 132 Å². The van der Waals surface area contributed by atoms with Crippen molar-refractivity contribution in [2.24, 2.45) is 5.41 Å². The zero-order valence-corrected chi connectivity index (χ0v) is 25.6. The van der Waals surface area contributed by atoms with Crippen molar-refractivity contribution in [3.05, 3.63) is 165 Å². The third kappa shape index (κ3) is 3.03. The summed E-state index contributed by atoms with van der Waals surface area (Å²) in [4.78, 5) is 39.7. The van der Waals surface area contributed by atoms with Crippen LogP contribution in [0, 0.1) is 5.41 Å². The molecule has 5 aromatic rings. The molecule has 2 saturated heterocycles. The molecule has 5 aromatic carbocycles. The Morgan fingerprint density at radius 1 is 0.636 bits per heavy atom. The van der Waals surface area contributed by atoms with Gasteiger partial charge in [-0.1, -0.05) is 112 Å².